The molecule has 0 aromatic heterocycles. The Hall–Kier alpha value is -1.61. The van der Waals surface area contributed by atoms with Crippen LogP contribution in [-0.4, -0.2) is 23.3 Å². The SMILES string of the molecule is C[C@]12CC[C@H](O)CC1=CCC1C2CC[C@@]2(C)C1CC[C@@H]2OC(=O)c1ccccc1. The number of aliphatic hydroxyl groups is 1. The molecule has 0 spiro atoms. The molecule has 29 heavy (non-hydrogen) atoms. The summed E-state index contributed by atoms with van der Waals surface area (Å²) in [6.07, 6.45) is 11.0. The first-order chi connectivity index (χ1) is 13.9. The van der Waals surface area contributed by atoms with E-state index in [1.54, 1.807) is 0 Å². The number of fused-ring (bicyclic) bond motifs is 5. The Balaban J connectivity index is 1.36. The minimum Gasteiger partial charge on any atom is -0.458 e. The number of carbonyl (C=O) groups excluding carboxylic acids is 1. The van der Waals surface area contributed by atoms with Gasteiger partial charge in [0, 0.05) is 5.41 Å². The van der Waals surface area contributed by atoms with Gasteiger partial charge in [-0.15, -0.1) is 0 Å². The number of benzene rings is 1. The van der Waals surface area contributed by atoms with Crippen molar-refractivity contribution in [3.05, 3.63) is 47.5 Å². The fourth-order valence-corrected chi connectivity index (χ4v) is 7.56. The zero-order valence-electron chi connectivity index (χ0n) is 17.8. The summed E-state index contributed by atoms with van der Waals surface area (Å²) in [5.41, 5.74) is 2.54. The van der Waals surface area contributed by atoms with Gasteiger partial charge in [-0.05, 0) is 86.7 Å². The highest BCUT2D eigenvalue weighted by molar-refractivity contribution is 5.89. The van der Waals surface area contributed by atoms with Gasteiger partial charge in [0.2, 0.25) is 0 Å². The van der Waals surface area contributed by atoms with Crippen molar-refractivity contribution in [1.29, 1.82) is 0 Å². The van der Waals surface area contributed by atoms with Crippen LogP contribution in [0.2, 0.25) is 0 Å². The third-order valence-corrected chi connectivity index (χ3v) is 9.25. The topological polar surface area (TPSA) is 46.5 Å². The lowest BCUT2D eigenvalue weighted by molar-refractivity contribution is -0.0778. The van der Waals surface area contributed by atoms with Gasteiger partial charge in [0.25, 0.3) is 0 Å². The molecule has 4 aliphatic rings. The predicted molar refractivity (Wildman–Crippen MR) is 113 cm³/mol. The molecule has 3 saturated carbocycles. The second-order valence-corrected chi connectivity index (χ2v) is 10.5. The van der Waals surface area contributed by atoms with E-state index in [9.17, 15) is 9.90 Å². The molecule has 7 atom stereocenters. The largest absolute Gasteiger partial charge is 0.458 e. The Morgan fingerprint density at radius 3 is 2.62 bits per heavy atom. The number of esters is 1. The van der Waals surface area contributed by atoms with Crippen molar-refractivity contribution in [3.8, 4) is 0 Å². The van der Waals surface area contributed by atoms with E-state index < -0.39 is 0 Å². The minimum absolute atomic E-state index is 0.0347. The van der Waals surface area contributed by atoms with Crippen molar-refractivity contribution in [2.75, 3.05) is 0 Å². The molecule has 0 amide bonds. The van der Waals surface area contributed by atoms with Crippen LogP contribution in [-0.2, 0) is 4.74 Å². The van der Waals surface area contributed by atoms with Crippen LogP contribution in [0.4, 0.5) is 0 Å². The smallest absolute Gasteiger partial charge is 0.338 e. The van der Waals surface area contributed by atoms with Crippen LogP contribution >= 0.6 is 0 Å². The Morgan fingerprint density at radius 1 is 1.03 bits per heavy atom. The van der Waals surface area contributed by atoms with Crippen molar-refractivity contribution in [3.63, 3.8) is 0 Å². The summed E-state index contributed by atoms with van der Waals surface area (Å²) < 4.78 is 6.11. The molecule has 0 saturated heterocycles. The highest BCUT2D eigenvalue weighted by atomic mass is 16.5. The standard InChI is InChI=1S/C26H34O3/c1-25-14-12-19(27)16-18(25)8-9-20-21-10-11-23(26(21,2)15-13-22(20)25)29-24(28)17-6-4-3-5-7-17/h3-8,19-23,27H,9-16H2,1-2H3/t19-,20?,21?,22?,23-,25-,26-/m0/s1. The fraction of sp³-hybridized carbons (Fsp3) is 0.654. The summed E-state index contributed by atoms with van der Waals surface area (Å²) in [6, 6.07) is 9.42. The third-order valence-electron chi connectivity index (χ3n) is 9.25. The molecule has 0 radical (unpaired) electrons. The highest BCUT2D eigenvalue weighted by Gasteiger charge is 2.59. The molecular formula is C26H34O3. The maximum Gasteiger partial charge on any atom is 0.338 e. The molecule has 3 nitrogen and oxygen atoms in total. The van der Waals surface area contributed by atoms with Crippen LogP contribution in [0.5, 0.6) is 0 Å². The molecule has 1 aromatic rings. The van der Waals surface area contributed by atoms with E-state index in [-0.39, 0.29) is 29.0 Å². The van der Waals surface area contributed by atoms with Crippen LogP contribution in [0, 0.1) is 28.6 Å². The van der Waals surface area contributed by atoms with Gasteiger partial charge in [0.15, 0.2) is 0 Å². The summed E-state index contributed by atoms with van der Waals surface area (Å²) in [7, 11) is 0. The highest BCUT2D eigenvalue weighted by Crippen LogP contribution is 2.65. The van der Waals surface area contributed by atoms with Gasteiger partial charge in [0.05, 0.1) is 11.7 Å². The maximum absolute atomic E-state index is 12.7. The zero-order valence-corrected chi connectivity index (χ0v) is 17.8. The Labute approximate surface area is 174 Å². The lowest BCUT2D eigenvalue weighted by atomic mass is 9.48. The molecule has 0 aliphatic heterocycles. The average Bonchev–Trinajstić information content (AvgIpc) is 3.05. The molecule has 1 aromatic carbocycles. The summed E-state index contributed by atoms with van der Waals surface area (Å²) in [4.78, 5) is 12.7. The van der Waals surface area contributed by atoms with Crippen LogP contribution in [0.3, 0.4) is 0 Å². The van der Waals surface area contributed by atoms with Gasteiger partial charge in [-0.3, -0.25) is 0 Å². The third kappa shape index (κ3) is 3.00. The lowest BCUT2D eigenvalue weighted by Gasteiger charge is -2.57. The first kappa shape index (κ1) is 19.4. The van der Waals surface area contributed by atoms with Gasteiger partial charge in [-0.2, -0.15) is 0 Å². The van der Waals surface area contributed by atoms with E-state index in [1.165, 1.54) is 18.4 Å². The van der Waals surface area contributed by atoms with Gasteiger partial charge in [0.1, 0.15) is 6.10 Å². The molecule has 0 bridgehead atoms. The molecule has 3 fully saturated rings. The van der Waals surface area contributed by atoms with E-state index in [0.29, 0.717) is 17.4 Å². The second-order valence-electron chi connectivity index (χ2n) is 10.5. The van der Waals surface area contributed by atoms with Crippen molar-refractivity contribution in [2.45, 2.75) is 77.4 Å². The zero-order chi connectivity index (χ0) is 20.2. The van der Waals surface area contributed by atoms with E-state index in [2.05, 4.69) is 19.9 Å². The molecule has 3 heteroatoms. The normalized spacial score (nSPS) is 43.6. The lowest BCUT2D eigenvalue weighted by Crippen LogP contribution is -2.51. The van der Waals surface area contributed by atoms with Gasteiger partial charge < -0.3 is 9.84 Å². The number of hydrogen-bond acceptors (Lipinski definition) is 3. The number of allylic oxidation sites excluding steroid dienone is 1. The first-order valence-corrected chi connectivity index (χ1v) is 11.6. The van der Waals surface area contributed by atoms with Crippen LogP contribution in [0.25, 0.3) is 0 Å². The second kappa shape index (κ2) is 6.97. The molecule has 3 unspecified atom stereocenters. The van der Waals surface area contributed by atoms with Crippen molar-refractivity contribution in [2.24, 2.45) is 28.6 Å². The number of ether oxygens (including phenoxy) is 1. The number of hydrogen-bond donors (Lipinski definition) is 1. The molecule has 5 rings (SSSR count). The quantitative estimate of drug-likeness (QED) is 0.529. The van der Waals surface area contributed by atoms with Gasteiger partial charge in [-0.1, -0.05) is 43.7 Å². The summed E-state index contributed by atoms with van der Waals surface area (Å²) >= 11 is 0. The van der Waals surface area contributed by atoms with Crippen molar-refractivity contribution in [1.82, 2.24) is 0 Å². The number of rotatable bonds is 2. The van der Waals surface area contributed by atoms with Crippen LogP contribution < -0.4 is 0 Å². The first-order valence-electron chi connectivity index (χ1n) is 11.6. The average molecular weight is 395 g/mol. The summed E-state index contributed by atoms with van der Waals surface area (Å²) in [6.45, 7) is 4.85. The molecular weight excluding hydrogens is 360 g/mol. The van der Waals surface area contributed by atoms with Gasteiger partial charge in [-0.25, -0.2) is 4.79 Å². The van der Waals surface area contributed by atoms with Crippen LogP contribution in [0.15, 0.2) is 42.0 Å². The van der Waals surface area contributed by atoms with Crippen molar-refractivity contribution >= 4 is 5.97 Å². The molecule has 0 heterocycles. The maximum atomic E-state index is 12.7. The van der Waals surface area contributed by atoms with Crippen LogP contribution in [0.1, 0.15) is 75.6 Å². The number of aliphatic hydroxyl groups excluding tert-OH is 1. The van der Waals surface area contributed by atoms with Gasteiger partial charge >= 0.3 is 5.97 Å². The molecule has 1 N–H and O–H groups in total. The fourth-order valence-electron chi connectivity index (χ4n) is 7.56. The van der Waals surface area contributed by atoms with E-state index in [0.717, 1.165) is 44.4 Å². The predicted octanol–water partition coefficient (Wildman–Crippen LogP) is 5.54. The minimum atomic E-state index is -0.168. The monoisotopic (exact) mass is 394 g/mol. The van der Waals surface area contributed by atoms with E-state index >= 15 is 0 Å². The number of carbonyl (C=O) groups is 1. The Kier molecular flexibility index (Phi) is 4.66. The van der Waals surface area contributed by atoms with Crippen molar-refractivity contribution < 1.29 is 14.6 Å². The van der Waals surface area contributed by atoms with E-state index in [1.807, 2.05) is 30.3 Å². The Morgan fingerprint density at radius 2 is 1.83 bits per heavy atom. The molecule has 156 valence electrons. The molecule has 4 aliphatic carbocycles. The summed E-state index contributed by atoms with van der Waals surface area (Å²) in [5.74, 6) is 1.88. The summed E-state index contributed by atoms with van der Waals surface area (Å²) in [5, 5.41) is 10.2. The van der Waals surface area contributed by atoms with E-state index in [4.69, 9.17) is 4.74 Å². The Bertz CT molecular complexity index is 815.